The van der Waals surface area contributed by atoms with Crippen LogP contribution in [0.3, 0.4) is 0 Å². The van der Waals surface area contributed by atoms with Gasteiger partial charge in [0, 0.05) is 38.5 Å². The zero-order valence-corrected chi connectivity index (χ0v) is 17.7. The standard InChI is InChI=1S/C19H26N4O2.HI/c1-4-15-6-5-7-17(12-15)22-18(24)13-21-19(20-2)23(3)10-11-25-14-16-8-9-16;/h1,5-7,12,16H,8-11,13-14H2,2-3H3,(H,20,21)(H,22,24);1H. The number of anilines is 1. The van der Waals surface area contributed by atoms with Crippen LogP contribution >= 0.6 is 24.0 Å². The van der Waals surface area contributed by atoms with E-state index < -0.39 is 0 Å². The molecule has 0 aliphatic heterocycles. The van der Waals surface area contributed by atoms with Gasteiger partial charge in [0.05, 0.1) is 13.2 Å². The van der Waals surface area contributed by atoms with Gasteiger partial charge in [-0.3, -0.25) is 9.79 Å². The van der Waals surface area contributed by atoms with Gasteiger partial charge in [-0.1, -0.05) is 12.0 Å². The Morgan fingerprint density at radius 3 is 2.88 bits per heavy atom. The minimum atomic E-state index is -0.159. The Labute approximate surface area is 172 Å². The average molecular weight is 470 g/mol. The molecule has 0 heterocycles. The molecular weight excluding hydrogens is 443 g/mol. The third-order valence-corrected chi connectivity index (χ3v) is 3.91. The summed E-state index contributed by atoms with van der Waals surface area (Å²) in [6.07, 6.45) is 7.94. The Kier molecular flexibility index (Phi) is 10.1. The highest BCUT2D eigenvalue weighted by Gasteiger charge is 2.21. The number of nitrogens with one attached hydrogen (secondary N) is 2. The highest BCUT2D eigenvalue weighted by Crippen LogP contribution is 2.28. The van der Waals surface area contributed by atoms with E-state index in [0.717, 1.165) is 24.6 Å². The highest BCUT2D eigenvalue weighted by molar-refractivity contribution is 14.0. The third-order valence-electron chi connectivity index (χ3n) is 3.91. The molecular formula is C19H27IN4O2. The molecule has 0 radical (unpaired) electrons. The maximum atomic E-state index is 12.1. The first-order valence-electron chi connectivity index (χ1n) is 8.48. The predicted molar refractivity (Wildman–Crippen MR) is 116 cm³/mol. The van der Waals surface area contributed by atoms with Crippen molar-refractivity contribution in [1.29, 1.82) is 0 Å². The summed E-state index contributed by atoms with van der Waals surface area (Å²) in [7, 11) is 3.61. The molecule has 0 unspecified atom stereocenters. The van der Waals surface area contributed by atoms with Gasteiger partial charge >= 0.3 is 0 Å². The molecule has 26 heavy (non-hydrogen) atoms. The Hall–Kier alpha value is -1.79. The number of terminal acetylenes is 1. The Balaban J connectivity index is 0.00000338. The number of guanidine groups is 1. The molecule has 1 aromatic rings. The molecule has 1 saturated carbocycles. The molecule has 0 spiro atoms. The van der Waals surface area contributed by atoms with Gasteiger partial charge in [-0.15, -0.1) is 30.4 Å². The second kappa shape index (κ2) is 11.8. The number of likely N-dealkylation sites (N-methyl/N-ethyl adjacent to an activating group) is 1. The quantitative estimate of drug-likeness (QED) is 0.201. The number of hydrogen-bond acceptors (Lipinski definition) is 3. The lowest BCUT2D eigenvalue weighted by atomic mass is 10.2. The molecule has 0 atom stereocenters. The second-order valence-corrected chi connectivity index (χ2v) is 6.11. The van der Waals surface area contributed by atoms with Crippen molar-refractivity contribution in [2.24, 2.45) is 10.9 Å². The third kappa shape index (κ3) is 8.06. The largest absolute Gasteiger partial charge is 0.379 e. The first-order valence-corrected chi connectivity index (χ1v) is 8.48. The molecule has 2 N–H and O–H groups in total. The maximum Gasteiger partial charge on any atom is 0.243 e. The van der Waals surface area contributed by atoms with Crippen molar-refractivity contribution in [3.05, 3.63) is 29.8 Å². The fourth-order valence-electron chi connectivity index (χ4n) is 2.28. The molecule has 1 fully saturated rings. The first kappa shape index (κ1) is 22.3. The van der Waals surface area contributed by atoms with Crippen molar-refractivity contribution in [3.63, 3.8) is 0 Å². The SMILES string of the molecule is C#Cc1cccc(NC(=O)CNC(=NC)N(C)CCOCC2CC2)c1.I. The van der Waals surface area contributed by atoms with Gasteiger partial charge in [0.15, 0.2) is 5.96 Å². The number of rotatable bonds is 8. The summed E-state index contributed by atoms with van der Waals surface area (Å²) in [6, 6.07) is 7.19. The number of halogens is 1. The Morgan fingerprint density at radius 2 is 2.23 bits per heavy atom. The van der Waals surface area contributed by atoms with Crippen LogP contribution in [0.25, 0.3) is 0 Å². The molecule has 2 rings (SSSR count). The lowest BCUT2D eigenvalue weighted by Gasteiger charge is -2.21. The van der Waals surface area contributed by atoms with Crippen molar-refractivity contribution in [3.8, 4) is 12.3 Å². The van der Waals surface area contributed by atoms with Gasteiger partial charge in [0.2, 0.25) is 5.91 Å². The van der Waals surface area contributed by atoms with Gasteiger partial charge in [0.1, 0.15) is 0 Å². The molecule has 1 aromatic carbocycles. The van der Waals surface area contributed by atoms with Crippen molar-refractivity contribution in [2.75, 3.05) is 45.7 Å². The lowest BCUT2D eigenvalue weighted by Crippen LogP contribution is -2.43. The molecule has 6 nitrogen and oxygen atoms in total. The minimum absolute atomic E-state index is 0. The number of benzene rings is 1. The van der Waals surface area contributed by atoms with Gasteiger partial charge in [-0.05, 0) is 37.0 Å². The molecule has 1 aliphatic rings. The van der Waals surface area contributed by atoms with Crippen LogP contribution in [0.4, 0.5) is 5.69 Å². The minimum Gasteiger partial charge on any atom is -0.379 e. The van der Waals surface area contributed by atoms with E-state index in [0.29, 0.717) is 18.3 Å². The van der Waals surface area contributed by atoms with E-state index in [-0.39, 0.29) is 36.4 Å². The summed E-state index contributed by atoms with van der Waals surface area (Å²) in [5, 5.41) is 5.86. The van der Waals surface area contributed by atoms with Crippen LogP contribution in [0.15, 0.2) is 29.3 Å². The van der Waals surface area contributed by atoms with E-state index >= 15 is 0 Å². The van der Waals surface area contributed by atoms with Crippen LogP contribution in [-0.4, -0.2) is 57.2 Å². The highest BCUT2D eigenvalue weighted by atomic mass is 127. The van der Waals surface area contributed by atoms with Gasteiger partial charge in [0.25, 0.3) is 0 Å². The summed E-state index contributed by atoms with van der Waals surface area (Å²) in [6.45, 7) is 2.34. The summed E-state index contributed by atoms with van der Waals surface area (Å²) in [5.41, 5.74) is 1.41. The van der Waals surface area contributed by atoms with Crippen LogP contribution < -0.4 is 10.6 Å². The molecule has 142 valence electrons. The molecule has 0 bridgehead atoms. The van der Waals surface area contributed by atoms with E-state index in [1.807, 2.05) is 24.1 Å². The Bertz CT molecular complexity index is 653. The van der Waals surface area contributed by atoms with Crippen LogP contribution in [0.2, 0.25) is 0 Å². The second-order valence-electron chi connectivity index (χ2n) is 6.11. The summed E-state index contributed by atoms with van der Waals surface area (Å²) < 4.78 is 5.63. The molecule has 1 amide bonds. The van der Waals surface area contributed by atoms with Crippen LogP contribution in [-0.2, 0) is 9.53 Å². The van der Waals surface area contributed by atoms with E-state index in [1.54, 1.807) is 19.2 Å². The monoisotopic (exact) mass is 470 g/mol. The van der Waals surface area contributed by atoms with Crippen molar-refractivity contribution in [2.45, 2.75) is 12.8 Å². The normalized spacial score (nSPS) is 13.3. The molecule has 0 aromatic heterocycles. The van der Waals surface area contributed by atoms with Gasteiger partial charge < -0.3 is 20.3 Å². The molecule has 0 saturated heterocycles. The maximum absolute atomic E-state index is 12.1. The number of aliphatic imine (C=N–C) groups is 1. The van der Waals surface area contributed by atoms with Crippen molar-refractivity contribution < 1.29 is 9.53 Å². The number of nitrogens with zero attached hydrogens (tertiary/aromatic N) is 2. The van der Waals surface area contributed by atoms with E-state index in [2.05, 4.69) is 21.5 Å². The zero-order valence-electron chi connectivity index (χ0n) is 15.3. The first-order chi connectivity index (χ1) is 12.1. The number of carbonyl (C=O) groups is 1. The fourth-order valence-corrected chi connectivity index (χ4v) is 2.28. The van der Waals surface area contributed by atoms with Crippen LogP contribution in [0, 0.1) is 18.3 Å². The lowest BCUT2D eigenvalue weighted by molar-refractivity contribution is -0.115. The Morgan fingerprint density at radius 1 is 1.46 bits per heavy atom. The van der Waals surface area contributed by atoms with E-state index in [1.165, 1.54) is 12.8 Å². The average Bonchev–Trinajstić information content (AvgIpc) is 3.43. The van der Waals surface area contributed by atoms with Crippen molar-refractivity contribution >= 4 is 41.5 Å². The number of amides is 1. The summed E-state index contributed by atoms with van der Waals surface area (Å²) in [5.74, 6) is 3.81. The number of carbonyl (C=O) groups excluding carboxylic acids is 1. The van der Waals surface area contributed by atoms with E-state index in [9.17, 15) is 4.79 Å². The van der Waals surface area contributed by atoms with Crippen LogP contribution in [0.5, 0.6) is 0 Å². The van der Waals surface area contributed by atoms with Gasteiger partial charge in [-0.2, -0.15) is 0 Å². The predicted octanol–water partition coefficient (Wildman–Crippen LogP) is 2.16. The zero-order chi connectivity index (χ0) is 18.1. The summed E-state index contributed by atoms with van der Waals surface area (Å²) >= 11 is 0. The number of ether oxygens (including phenoxy) is 1. The fraction of sp³-hybridized carbons (Fsp3) is 0.474. The van der Waals surface area contributed by atoms with Gasteiger partial charge in [-0.25, -0.2) is 0 Å². The van der Waals surface area contributed by atoms with Crippen LogP contribution in [0.1, 0.15) is 18.4 Å². The number of hydrogen-bond donors (Lipinski definition) is 2. The smallest absolute Gasteiger partial charge is 0.243 e. The topological polar surface area (TPSA) is 66.0 Å². The van der Waals surface area contributed by atoms with E-state index in [4.69, 9.17) is 11.2 Å². The molecule has 1 aliphatic carbocycles. The summed E-state index contributed by atoms with van der Waals surface area (Å²) in [4.78, 5) is 18.2. The van der Waals surface area contributed by atoms with Crippen molar-refractivity contribution in [1.82, 2.24) is 10.2 Å². The molecule has 7 heteroatoms.